The average molecular weight is 421 g/mol. The molecule has 5 nitrogen and oxygen atoms in total. The van der Waals surface area contributed by atoms with Gasteiger partial charge < -0.3 is 14.2 Å². The summed E-state index contributed by atoms with van der Waals surface area (Å²) in [6, 6.07) is 24.8. The van der Waals surface area contributed by atoms with Gasteiger partial charge in [0.05, 0.1) is 0 Å². The SMILES string of the molecule is CN(CC/C=C1/c2ccccc2COc2ccccc21)P(=O)(O)Oc1ccccc1. The van der Waals surface area contributed by atoms with Crippen molar-refractivity contribution in [1.82, 2.24) is 4.67 Å². The van der Waals surface area contributed by atoms with Gasteiger partial charge in [0.25, 0.3) is 0 Å². The Hall–Kier alpha value is -2.85. The molecular weight excluding hydrogens is 397 g/mol. The average Bonchev–Trinajstić information content (AvgIpc) is 2.91. The zero-order valence-electron chi connectivity index (χ0n) is 16.8. The van der Waals surface area contributed by atoms with Crippen LogP contribution in [0.15, 0.2) is 84.9 Å². The zero-order chi connectivity index (χ0) is 21.0. The van der Waals surface area contributed by atoms with Crippen LogP contribution in [0.2, 0.25) is 0 Å². The van der Waals surface area contributed by atoms with Gasteiger partial charge in [-0.3, -0.25) is 0 Å². The van der Waals surface area contributed by atoms with Gasteiger partial charge in [0, 0.05) is 12.1 Å². The first kappa shape index (κ1) is 20.4. The van der Waals surface area contributed by atoms with Gasteiger partial charge >= 0.3 is 7.75 Å². The summed E-state index contributed by atoms with van der Waals surface area (Å²) in [7, 11) is -2.34. The van der Waals surface area contributed by atoms with Gasteiger partial charge in [-0.15, -0.1) is 0 Å². The summed E-state index contributed by atoms with van der Waals surface area (Å²) in [5, 5.41) is 0. The monoisotopic (exact) mass is 421 g/mol. The molecule has 6 heteroatoms. The Labute approximate surface area is 176 Å². The van der Waals surface area contributed by atoms with Crippen molar-refractivity contribution in [3.05, 3.63) is 102 Å². The number of hydrogen-bond acceptors (Lipinski definition) is 3. The largest absolute Gasteiger partial charge is 0.488 e. The minimum Gasteiger partial charge on any atom is -0.488 e. The molecule has 30 heavy (non-hydrogen) atoms. The lowest BCUT2D eigenvalue weighted by atomic mass is 9.93. The van der Waals surface area contributed by atoms with Crippen LogP contribution >= 0.6 is 7.75 Å². The summed E-state index contributed by atoms with van der Waals surface area (Å²) in [6.45, 7) is 0.885. The molecule has 0 bridgehead atoms. The third-order valence-corrected chi connectivity index (χ3v) is 6.58. The third-order valence-electron chi connectivity index (χ3n) is 5.07. The van der Waals surface area contributed by atoms with Crippen molar-refractivity contribution in [2.75, 3.05) is 13.6 Å². The molecule has 0 radical (unpaired) electrons. The van der Waals surface area contributed by atoms with E-state index < -0.39 is 7.75 Å². The van der Waals surface area contributed by atoms with E-state index in [2.05, 4.69) is 18.2 Å². The highest BCUT2D eigenvalue weighted by Crippen LogP contribution is 2.45. The fourth-order valence-corrected chi connectivity index (χ4v) is 4.36. The molecule has 0 spiro atoms. The Balaban J connectivity index is 1.54. The molecule has 1 aliphatic rings. The molecule has 1 N–H and O–H groups in total. The second kappa shape index (κ2) is 8.88. The number of hydrogen-bond donors (Lipinski definition) is 1. The topological polar surface area (TPSA) is 59.0 Å². The second-order valence-corrected chi connectivity index (χ2v) is 8.97. The zero-order valence-corrected chi connectivity index (χ0v) is 17.7. The Kier molecular flexibility index (Phi) is 6.05. The van der Waals surface area contributed by atoms with Gasteiger partial charge in [-0.2, -0.15) is 0 Å². The molecule has 0 amide bonds. The molecule has 0 aromatic heterocycles. The molecule has 3 aromatic carbocycles. The molecule has 0 saturated carbocycles. The van der Waals surface area contributed by atoms with Crippen LogP contribution < -0.4 is 9.26 Å². The van der Waals surface area contributed by atoms with Crippen LogP contribution in [0.4, 0.5) is 0 Å². The summed E-state index contributed by atoms with van der Waals surface area (Å²) in [6.07, 6.45) is 2.68. The van der Waals surface area contributed by atoms with Crippen LogP contribution in [0.5, 0.6) is 11.5 Å². The number of para-hydroxylation sites is 2. The Morgan fingerprint density at radius 1 is 1.00 bits per heavy atom. The Morgan fingerprint density at radius 3 is 2.47 bits per heavy atom. The fraction of sp³-hybridized carbons (Fsp3) is 0.167. The van der Waals surface area contributed by atoms with E-state index in [0.717, 1.165) is 28.0 Å². The summed E-state index contributed by atoms with van der Waals surface area (Å²) < 4.78 is 25.3. The molecule has 0 aliphatic carbocycles. The van der Waals surface area contributed by atoms with Gasteiger partial charge in [0.15, 0.2) is 0 Å². The molecule has 3 aromatic rings. The van der Waals surface area contributed by atoms with Crippen LogP contribution in [0.3, 0.4) is 0 Å². The number of benzene rings is 3. The number of nitrogens with zero attached hydrogens (tertiary/aromatic N) is 1. The van der Waals surface area contributed by atoms with Crippen LogP contribution in [-0.4, -0.2) is 23.2 Å². The normalized spacial score (nSPS) is 16.2. The summed E-state index contributed by atoms with van der Waals surface area (Å²) in [4.78, 5) is 10.4. The fourth-order valence-electron chi connectivity index (χ4n) is 3.45. The quantitative estimate of drug-likeness (QED) is 0.532. The van der Waals surface area contributed by atoms with Crippen molar-refractivity contribution in [1.29, 1.82) is 0 Å². The van der Waals surface area contributed by atoms with Gasteiger partial charge in [0.1, 0.15) is 18.1 Å². The maximum absolute atomic E-state index is 12.6. The standard InChI is InChI=1S/C24H24NO4P/c1-25(30(26,27)29-20-11-3-2-4-12-20)17-9-15-22-21-13-6-5-10-19(21)18-28-24-16-8-7-14-23(22)24/h2-8,10-16H,9,17-18H2,1H3,(H,26,27)/b22-15-. The van der Waals surface area contributed by atoms with Crippen molar-refractivity contribution >= 4 is 13.3 Å². The van der Waals surface area contributed by atoms with Crippen molar-refractivity contribution in [3.8, 4) is 11.5 Å². The van der Waals surface area contributed by atoms with E-state index in [1.165, 1.54) is 4.67 Å². The maximum atomic E-state index is 12.6. The number of fused-ring (bicyclic) bond motifs is 2. The third kappa shape index (κ3) is 4.49. The van der Waals surface area contributed by atoms with E-state index in [0.29, 0.717) is 25.3 Å². The Bertz CT molecular complexity index is 1050. The van der Waals surface area contributed by atoms with Gasteiger partial charge in [0.2, 0.25) is 0 Å². The summed E-state index contributed by atoms with van der Waals surface area (Å²) in [5.41, 5.74) is 4.34. The minimum absolute atomic E-state index is 0.370. The van der Waals surface area contributed by atoms with Crippen LogP contribution in [-0.2, 0) is 11.2 Å². The van der Waals surface area contributed by atoms with Gasteiger partial charge in [-0.1, -0.05) is 66.7 Å². The molecule has 154 valence electrons. The second-order valence-electron chi connectivity index (χ2n) is 7.12. The maximum Gasteiger partial charge on any atom is 0.458 e. The van der Waals surface area contributed by atoms with Gasteiger partial charge in [-0.05, 0) is 48.4 Å². The number of ether oxygens (including phenoxy) is 1. The van der Waals surface area contributed by atoms with Crippen molar-refractivity contribution in [3.63, 3.8) is 0 Å². The molecule has 1 heterocycles. The molecule has 0 fully saturated rings. The molecule has 1 aliphatic heterocycles. The molecule has 1 atom stereocenters. The summed E-state index contributed by atoms with van der Waals surface area (Å²) >= 11 is 0. The van der Waals surface area contributed by atoms with Crippen LogP contribution in [0, 0.1) is 0 Å². The van der Waals surface area contributed by atoms with E-state index >= 15 is 0 Å². The van der Waals surface area contributed by atoms with Crippen LogP contribution in [0.1, 0.15) is 23.1 Å². The summed E-state index contributed by atoms with van der Waals surface area (Å²) in [5.74, 6) is 1.21. The molecule has 0 saturated heterocycles. The lowest BCUT2D eigenvalue weighted by Gasteiger charge is -2.22. The highest BCUT2D eigenvalue weighted by atomic mass is 31.2. The molecule has 1 unspecified atom stereocenters. The van der Waals surface area contributed by atoms with E-state index in [4.69, 9.17) is 9.26 Å². The predicted octanol–water partition coefficient (Wildman–Crippen LogP) is 5.51. The highest BCUT2D eigenvalue weighted by molar-refractivity contribution is 7.50. The smallest absolute Gasteiger partial charge is 0.458 e. The van der Waals surface area contributed by atoms with Crippen molar-refractivity contribution < 1.29 is 18.7 Å². The predicted molar refractivity (Wildman–Crippen MR) is 118 cm³/mol. The first-order valence-electron chi connectivity index (χ1n) is 9.84. The lowest BCUT2D eigenvalue weighted by molar-refractivity contribution is 0.301. The van der Waals surface area contributed by atoms with E-state index in [9.17, 15) is 9.46 Å². The first-order chi connectivity index (χ1) is 14.5. The first-order valence-corrected chi connectivity index (χ1v) is 11.4. The van der Waals surface area contributed by atoms with E-state index in [-0.39, 0.29) is 0 Å². The van der Waals surface area contributed by atoms with Crippen molar-refractivity contribution in [2.45, 2.75) is 13.0 Å². The number of rotatable bonds is 6. The van der Waals surface area contributed by atoms with Gasteiger partial charge in [-0.25, -0.2) is 9.24 Å². The molecular formula is C24H24NO4P. The van der Waals surface area contributed by atoms with E-state index in [1.54, 1.807) is 31.3 Å². The minimum atomic E-state index is -3.94. The lowest BCUT2D eigenvalue weighted by Crippen LogP contribution is -2.19. The molecule has 4 rings (SSSR count). The van der Waals surface area contributed by atoms with Crippen LogP contribution in [0.25, 0.3) is 5.57 Å². The van der Waals surface area contributed by atoms with Crippen molar-refractivity contribution in [2.24, 2.45) is 0 Å². The Morgan fingerprint density at radius 2 is 1.67 bits per heavy atom. The van der Waals surface area contributed by atoms with E-state index in [1.807, 2.05) is 42.5 Å². The highest BCUT2D eigenvalue weighted by Gasteiger charge is 2.27.